The zero-order chi connectivity index (χ0) is 18.4. The van der Waals surface area contributed by atoms with Crippen LogP contribution in [0.3, 0.4) is 0 Å². The van der Waals surface area contributed by atoms with Gasteiger partial charge >= 0.3 is 11.9 Å². The van der Waals surface area contributed by atoms with Crippen molar-refractivity contribution in [3.63, 3.8) is 0 Å². The van der Waals surface area contributed by atoms with Gasteiger partial charge in [0.25, 0.3) is 0 Å². The van der Waals surface area contributed by atoms with Crippen molar-refractivity contribution in [3.05, 3.63) is 71.3 Å². The molecule has 132 valence electrons. The topological polar surface area (TPSA) is 52.6 Å². The number of benzene rings is 2. The van der Waals surface area contributed by atoms with Crippen LogP contribution in [0.25, 0.3) is 0 Å². The van der Waals surface area contributed by atoms with Gasteiger partial charge in [-0.2, -0.15) is 0 Å². The van der Waals surface area contributed by atoms with Gasteiger partial charge in [0.2, 0.25) is 0 Å². The predicted octanol–water partition coefficient (Wildman–Crippen LogP) is 4.34. The molecule has 4 nitrogen and oxygen atoms in total. The van der Waals surface area contributed by atoms with E-state index in [4.69, 9.17) is 4.74 Å². The quantitative estimate of drug-likeness (QED) is 0.734. The zero-order valence-electron chi connectivity index (χ0n) is 15.1. The number of rotatable bonds is 6. The standard InChI is InChI=1S/C21H24O4/c1-15(16-10-6-5-7-11-16)17-12-8-9-13-18(17)20(23)25-21(2,3)14-19(22)24-4/h5-13,15H,14H2,1-4H3/t15-/m1/s1. The van der Waals surface area contributed by atoms with Crippen molar-refractivity contribution in [2.75, 3.05) is 7.11 Å². The van der Waals surface area contributed by atoms with Crippen LogP contribution in [0.1, 0.15) is 54.6 Å². The first-order chi connectivity index (χ1) is 11.8. The number of carbonyl (C=O) groups excluding carboxylic acids is 2. The van der Waals surface area contributed by atoms with E-state index in [1.165, 1.54) is 7.11 Å². The predicted molar refractivity (Wildman–Crippen MR) is 96.5 cm³/mol. The molecule has 0 radical (unpaired) electrons. The zero-order valence-corrected chi connectivity index (χ0v) is 15.1. The largest absolute Gasteiger partial charge is 0.469 e. The average Bonchev–Trinajstić information content (AvgIpc) is 2.60. The third-order valence-electron chi connectivity index (χ3n) is 4.11. The Morgan fingerprint density at radius 1 is 1.00 bits per heavy atom. The summed E-state index contributed by atoms with van der Waals surface area (Å²) in [4.78, 5) is 24.2. The monoisotopic (exact) mass is 340 g/mol. The van der Waals surface area contributed by atoms with E-state index in [-0.39, 0.29) is 12.3 Å². The minimum Gasteiger partial charge on any atom is -0.469 e. The van der Waals surface area contributed by atoms with Crippen molar-refractivity contribution in [1.82, 2.24) is 0 Å². The fourth-order valence-corrected chi connectivity index (χ4v) is 2.74. The van der Waals surface area contributed by atoms with E-state index in [1.54, 1.807) is 19.9 Å². The fraction of sp³-hybridized carbons (Fsp3) is 0.333. The number of methoxy groups -OCH3 is 1. The van der Waals surface area contributed by atoms with Gasteiger partial charge in [-0.1, -0.05) is 55.5 Å². The molecule has 2 aromatic carbocycles. The highest BCUT2D eigenvalue weighted by Crippen LogP contribution is 2.28. The molecule has 0 aliphatic rings. The second-order valence-electron chi connectivity index (χ2n) is 6.62. The van der Waals surface area contributed by atoms with Crippen LogP contribution in [0.15, 0.2) is 54.6 Å². The van der Waals surface area contributed by atoms with Gasteiger partial charge in [-0.3, -0.25) is 4.79 Å². The molecule has 2 aromatic rings. The third-order valence-corrected chi connectivity index (χ3v) is 4.11. The number of carbonyl (C=O) groups is 2. The lowest BCUT2D eigenvalue weighted by atomic mass is 9.89. The lowest BCUT2D eigenvalue weighted by Gasteiger charge is -2.25. The molecule has 0 bridgehead atoms. The minimum atomic E-state index is -0.937. The Kier molecular flexibility index (Phi) is 5.97. The molecule has 0 saturated carbocycles. The normalized spacial score (nSPS) is 12.3. The van der Waals surface area contributed by atoms with E-state index in [2.05, 4.69) is 11.7 Å². The smallest absolute Gasteiger partial charge is 0.338 e. The van der Waals surface area contributed by atoms with E-state index < -0.39 is 17.5 Å². The van der Waals surface area contributed by atoms with Gasteiger partial charge in [0.05, 0.1) is 19.1 Å². The molecule has 0 N–H and O–H groups in total. The highest BCUT2D eigenvalue weighted by molar-refractivity contribution is 5.92. The first-order valence-electron chi connectivity index (χ1n) is 8.28. The van der Waals surface area contributed by atoms with E-state index in [9.17, 15) is 9.59 Å². The maximum Gasteiger partial charge on any atom is 0.338 e. The maximum atomic E-state index is 12.7. The molecule has 0 saturated heterocycles. The van der Waals surface area contributed by atoms with E-state index in [1.807, 2.05) is 48.5 Å². The van der Waals surface area contributed by atoms with E-state index in [0.717, 1.165) is 11.1 Å². The Labute approximate surface area is 148 Å². The minimum absolute atomic E-state index is 0.00560. The van der Waals surface area contributed by atoms with Crippen molar-refractivity contribution in [2.45, 2.75) is 38.7 Å². The molecule has 0 aromatic heterocycles. The van der Waals surface area contributed by atoms with Crippen LogP contribution in [0.2, 0.25) is 0 Å². The van der Waals surface area contributed by atoms with Gasteiger partial charge in [0, 0.05) is 5.92 Å². The van der Waals surface area contributed by atoms with Crippen LogP contribution in [-0.4, -0.2) is 24.6 Å². The molecule has 25 heavy (non-hydrogen) atoms. The number of ether oxygens (including phenoxy) is 2. The van der Waals surface area contributed by atoms with Crippen LogP contribution in [-0.2, 0) is 14.3 Å². The lowest BCUT2D eigenvalue weighted by molar-refractivity contribution is -0.145. The van der Waals surface area contributed by atoms with Crippen LogP contribution in [0.4, 0.5) is 0 Å². The summed E-state index contributed by atoms with van der Waals surface area (Å²) in [5.41, 5.74) is 1.59. The first-order valence-corrected chi connectivity index (χ1v) is 8.28. The van der Waals surface area contributed by atoms with Crippen LogP contribution < -0.4 is 0 Å². The maximum absolute atomic E-state index is 12.7. The molecule has 0 aliphatic carbocycles. The second kappa shape index (κ2) is 7.97. The van der Waals surface area contributed by atoms with E-state index in [0.29, 0.717) is 5.56 Å². The van der Waals surface area contributed by atoms with Crippen molar-refractivity contribution < 1.29 is 19.1 Å². The number of hydrogen-bond donors (Lipinski definition) is 0. The summed E-state index contributed by atoms with van der Waals surface area (Å²) in [6.07, 6.45) is 0.00560. The van der Waals surface area contributed by atoms with Crippen molar-refractivity contribution in [2.24, 2.45) is 0 Å². The highest BCUT2D eigenvalue weighted by atomic mass is 16.6. The van der Waals surface area contributed by atoms with Crippen LogP contribution in [0, 0.1) is 0 Å². The van der Waals surface area contributed by atoms with Crippen molar-refractivity contribution in [3.8, 4) is 0 Å². The second-order valence-corrected chi connectivity index (χ2v) is 6.62. The van der Waals surface area contributed by atoms with Gasteiger partial charge in [-0.05, 0) is 31.0 Å². The Morgan fingerprint density at radius 2 is 1.60 bits per heavy atom. The molecule has 0 unspecified atom stereocenters. The van der Waals surface area contributed by atoms with Gasteiger partial charge in [0.1, 0.15) is 5.60 Å². The molecule has 0 fully saturated rings. The van der Waals surface area contributed by atoms with Crippen LogP contribution >= 0.6 is 0 Å². The lowest BCUT2D eigenvalue weighted by Crippen LogP contribution is -2.32. The molecule has 1 atom stereocenters. The fourth-order valence-electron chi connectivity index (χ4n) is 2.74. The number of hydrogen-bond acceptors (Lipinski definition) is 4. The summed E-state index contributed by atoms with van der Waals surface area (Å²) in [5, 5.41) is 0. The molecule has 0 spiro atoms. The molecular formula is C21H24O4. The number of esters is 2. The Morgan fingerprint density at radius 3 is 2.24 bits per heavy atom. The van der Waals surface area contributed by atoms with Gasteiger partial charge in [-0.25, -0.2) is 4.79 Å². The summed E-state index contributed by atoms with van der Waals surface area (Å²) in [6.45, 7) is 5.46. The average molecular weight is 340 g/mol. The van der Waals surface area contributed by atoms with Crippen molar-refractivity contribution in [1.29, 1.82) is 0 Å². The highest BCUT2D eigenvalue weighted by Gasteiger charge is 2.29. The third kappa shape index (κ3) is 4.92. The van der Waals surface area contributed by atoms with Crippen LogP contribution in [0.5, 0.6) is 0 Å². The first kappa shape index (κ1) is 18.7. The van der Waals surface area contributed by atoms with Gasteiger partial charge in [-0.15, -0.1) is 0 Å². The summed E-state index contributed by atoms with van der Waals surface area (Å²) in [5.74, 6) is -0.801. The molecule has 4 heteroatoms. The summed E-state index contributed by atoms with van der Waals surface area (Å²) in [7, 11) is 1.32. The Hall–Kier alpha value is -2.62. The van der Waals surface area contributed by atoms with E-state index >= 15 is 0 Å². The summed E-state index contributed by atoms with van der Waals surface area (Å²) >= 11 is 0. The molecule has 0 aliphatic heterocycles. The summed E-state index contributed by atoms with van der Waals surface area (Å²) < 4.78 is 10.2. The van der Waals surface area contributed by atoms with Gasteiger partial charge < -0.3 is 9.47 Å². The summed E-state index contributed by atoms with van der Waals surface area (Å²) in [6, 6.07) is 17.4. The SMILES string of the molecule is COC(=O)CC(C)(C)OC(=O)c1ccccc1[C@H](C)c1ccccc1. The van der Waals surface area contributed by atoms with Crippen molar-refractivity contribution >= 4 is 11.9 Å². The Balaban J connectivity index is 2.25. The molecule has 2 rings (SSSR count). The molecule has 0 amide bonds. The molecular weight excluding hydrogens is 316 g/mol. The van der Waals surface area contributed by atoms with Gasteiger partial charge in [0.15, 0.2) is 0 Å². The molecule has 0 heterocycles. The Bertz CT molecular complexity index is 735.